The molecule has 0 bridgehead atoms. The zero-order valence-corrected chi connectivity index (χ0v) is 9.16. The molecule has 0 unspecified atom stereocenters. The summed E-state index contributed by atoms with van der Waals surface area (Å²) < 4.78 is 15.1. The van der Waals surface area contributed by atoms with Crippen molar-refractivity contribution in [3.63, 3.8) is 0 Å². The summed E-state index contributed by atoms with van der Waals surface area (Å²) in [5.41, 5.74) is 0.774. The van der Waals surface area contributed by atoms with Crippen molar-refractivity contribution >= 4 is 31.1 Å². The van der Waals surface area contributed by atoms with Crippen LogP contribution in [0.25, 0.3) is 10.9 Å². The molecule has 1 aromatic carbocycles. The van der Waals surface area contributed by atoms with Gasteiger partial charge in [0.15, 0.2) is 5.75 Å². The van der Waals surface area contributed by atoms with Crippen LogP contribution in [0.15, 0.2) is 30.5 Å². The molecular weight excluding hydrogens is 241 g/mol. The molecule has 0 atom stereocenters. The van der Waals surface area contributed by atoms with Crippen LogP contribution in [0.5, 0.6) is 5.75 Å². The molecule has 0 fully saturated rings. The van der Waals surface area contributed by atoms with Crippen molar-refractivity contribution in [2.24, 2.45) is 0 Å². The standard InChI is InChI=1S/C8H8NO4P.ClH/c10-14(11,12)13-8-5-9-7-4-2-1-3-6(7)8;/h1-5,9H,(H2,10,11,12);1H. The number of halogens is 1. The Morgan fingerprint density at radius 1 is 1.27 bits per heavy atom. The number of hydrogen-bond acceptors (Lipinski definition) is 2. The Kier molecular flexibility index (Phi) is 3.42. The summed E-state index contributed by atoms with van der Waals surface area (Å²) in [7, 11) is -4.48. The zero-order chi connectivity index (χ0) is 10.2. The lowest BCUT2D eigenvalue weighted by Crippen LogP contribution is -1.88. The first-order valence-corrected chi connectivity index (χ1v) is 5.40. The number of nitrogens with one attached hydrogen (secondary N) is 1. The Bertz CT molecular complexity index is 506. The third-order valence-electron chi connectivity index (χ3n) is 1.77. The topological polar surface area (TPSA) is 82.6 Å². The highest BCUT2D eigenvalue weighted by Crippen LogP contribution is 2.40. The number of para-hydroxylation sites is 1. The van der Waals surface area contributed by atoms with Crippen LogP contribution in [-0.4, -0.2) is 14.8 Å². The molecule has 0 amide bonds. The number of aromatic amines is 1. The molecule has 0 spiro atoms. The molecule has 1 heterocycles. The van der Waals surface area contributed by atoms with Gasteiger partial charge in [0.25, 0.3) is 0 Å². The number of H-pyrrole nitrogens is 1. The van der Waals surface area contributed by atoms with Crippen molar-refractivity contribution in [3.8, 4) is 5.75 Å². The van der Waals surface area contributed by atoms with Gasteiger partial charge in [-0.05, 0) is 12.1 Å². The summed E-state index contributed by atoms with van der Waals surface area (Å²) in [4.78, 5) is 20.1. The van der Waals surface area contributed by atoms with Crippen molar-refractivity contribution in [3.05, 3.63) is 30.5 Å². The van der Waals surface area contributed by atoms with E-state index in [1.54, 1.807) is 18.2 Å². The van der Waals surface area contributed by atoms with Crippen LogP contribution < -0.4 is 4.52 Å². The van der Waals surface area contributed by atoms with Crippen molar-refractivity contribution in [2.45, 2.75) is 0 Å². The van der Waals surface area contributed by atoms with Crippen molar-refractivity contribution in [2.75, 3.05) is 0 Å². The Balaban J connectivity index is 0.00000112. The molecule has 2 aromatic rings. The van der Waals surface area contributed by atoms with E-state index in [9.17, 15) is 4.57 Å². The quantitative estimate of drug-likeness (QED) is 0.712. The maximum absolute atomic E-state index is 10.6. The maximum Gasteiger partial charge on any atom is 0.524 e. The lowest BCUT2D eigenvalue weighted by molar-refractivity contribution is 0.284. The van der Waals surface area contributed by atoms with E-state index in [1.165, 1.54) is 6.20 Å². The van der Waals surface area contributed by atoms with Crippen molar-refractivity contribution in [1.82, 2.24) is 4.98 Å². The Hall–Kier alpha value is -1.00. The third-order valence-corrected chi connectivity index (χ3v) is 2.20. The molecule has 15 heavy (non-hydrogen) atoms. The lowest BCUT2D eigenvalue weighted by atomic mass is 10.2. The number of phosphoric ester groups is 1. The predicted octanol–water partition coefficient (Wildman–Crippen LogP) is 2.06. The van der Waals surface area contributed by atoms with E-state index < -0.39 is 7.82 Å². The number of aromatic nitrogens is 1. The normalized spacial score (nSPS) is 11.1. The first-order valence-electron chi connectivity index (χ1n) is 3.87. The molecule has 0 saturated carbocycles. The smallest absolute Gasteiger partial charge is 0.402 e. The number of rotatable bonds is 2. The predicted molar refractivity (Wildman–Crippen MR) is 58.2 cm³/mol. The van der Waals surface area contributed by atoms with Crippen molar-refractivity contribution in [1.29, 1.82) is 0 Å². The van der Waals surface area contributed by atoms with Gasteiger partial charge in [0.05, 0.1) is 0 Å². The second-order valence-corrected chi connectivity index (χ2v) is 3.94. The first-order chi connectivity index (χ1) is 6.56. The number of fused-ring (bicyclic) bond motifs is 1. The van der Waals surface area contributed by atoms with E-state index >= 15 is 0 Å². The van der Waals surface area contributed by atoms with Gasteiger partial charge in [-0.1, -0.05) is 12.1 Å². The van der Waals surface area contributed by atoms with Crippen LogP contribution in [0.4, 0.5) is 0 Å². The maximum atomic E-state index is 10.6. The summed E-state index contributed by atoms with van der Waals surface area (Å²) in [6, 6.07) is 7.10. The van der Waals surface area contributed by atoms with Gasteiger partial charge in [0.1, 0.15) is 0 Å². The minimum Gasteiger partial charge on any atom is -0.402 e. The zero-order valence-electron chi connectivity index (χ0n) is 7.45. The molecule has 0 saturated heterocycles. The minimum absolute atomic E-state index is 0. The highest BCUT2D eigenvalue weighted by Gasteiger charge is 2.18. The molecule has 5 nitrogen and oxygen atoms in total. The van der Waals surface area contributed by atoms with Crippen molar-refractivity contribution < 1.29 is 18.9 Å². The molecule has 0 radical (unpaired) electrons. The van der Waals surface area contributed by atoms with E-state index in [2.05, 4.69) is 9.51 Å². The van der Waals surface area contributed by atoms with Crippen LogP contribution in [0.1, 0.15) is 0 Å². The van der Waals surface area contributed by atoms with Gasteiger partial charge >= 0.3 is 7.82 Å². The fraction of sp³-hybridized carbons (Fsp3) is 0. The van der Waals surface area contributed by atoms with E-state index in [0.29, 0.717) is 5.39 Å². The van der Waals surface area contributed by atoms with Gasteiger partial charge in [0.2, 0.25) is 0 Å². The summed E-state index contributed by atoms with van der Waals surface area (Å²) in [5, 5.41) is 0.649. The molecule has 1 aromatic heterocycles. The number of phosphoric acid groups is 1. The fourth-order valence-corrected chi connectivity index (χ4v) is 1.66. The summed E-state index contributed by atoms with van der Waals surface area (Å²) in [5.74, 6) is 0.161. The van der Waals surface area contributed by atoms with Gasteiger partial charge in [-0.3, -0.25) is 9.79 Å². The third kappa shape index (κ3) is 2.73. The molecule has 3 N–H and O–H groups in total. The van der Waals surface area contributed by atoms with Crippen LogP contribution in [0, 0.1) is 0 Å². The van der Waals surface area contributed by atoms with Gasteiger partial charge < -0.3 is 9.51 Å². The second kappa shape index (κ2) is 4.24. The van der Waals surface area contributed by atoms with Gasteiger partial charge in [-0.2, -0.15) is 0 Å². The molecule has 82 valence electrons. The Morgan fingerprint density at radius 2 is 1.93 bits per heavy atom. The van der Waals surface area contributed by atoms with Crippen LogP contribution in [0.2, 0.25) is 0 Å². The first kappa shape index (κ1) is 12.1. The molecule has 0 aliphatic heterocycles. The summed E-state index contributed by atoms with van der Waals surface area (Å²) in [6.45, 7) is 0. The van der Waals surface area contributed by atoms with Gasteiger partial charge in [-0.25, -0.2) is 4.57 Å². The van der Waals surface area contributed by atoms with E-state index in [4.69, 9.17) is 9.79 Å². The van der Waals surface area contributed by atoms with Gasteiger partial charge in [-0.15, -0.1) is 12.4 Å². The van der Waals surface area contributed by atoms with E-state index in [-0.39, 0.29) is 18.2 Å². The molecular formula is C8H9ClNO4P. The van der Waals surface area contributed by atoms with Crippen LogP contribution >= 0.6 is 20.2 Å². The highest BCUT2D eigenvalue weighted by molar-refractivity contribution is 7.46. The van der Waals surface area contributed by atoms with Crippen LogP contribution in [0.3, 0.4) is 0 Å². The van der Waals surface area contributed by atoms with Gasteiger partial charge in [0, 0.05) is 17.1 Å². The molecule has 0 aliphatic rings. The monoisotopic (exact) mass is 249 g/mol. The average Bonchev–Trinajstić information content (AvgIpc) is 2.47. The SMILES string of the molecule is Cl.O=P(O)(O)Oc1c[nH]c2ccccc12. The molecule has 0 aliphatic carbocycles. The fourth-order valence-electron chi connectivity index (χ4n) is 1.25. The highest BCUT2D eigenvalue weighted by atomic mass is 35.5. The lowest BCUT2D eigenvalue weighted by Gasteiger charge is -2.04. The Morgan fingerprint density at radius 3 is 2.60 bits per heavy atom. The Labute approximate surface area is 91.7 Å². The van der Waals surface area contributed by atoms with E-state index in [0.717, 1.165) is 5.52 Å². The van der Waals surface area contributed by atoms with E-state index in [1.807, 2.05) is 6.07 Å². The number of hydrogen-bond donors (Lipinski definition) is 3. The molecule has 7 heteroatoms. The second-order valence-electron chi connectivity index (χ2n) is 2.78. The van der Waals surface area contributed by atoms with Crippen LogP contribution in [-0.2, 0) is 4.57 Å². The average molecular weight is 250 g/mol. The number of benzene rings is 1. The largest absolute Gasteiger partial charge is 0.524 e. The summed E-state index contributed by atoms with van der Waals surface area (Å²) >= 11 is 0. The molecule has 2 rings (SSSR count). The minimum atomic E-state index is -4.48. The summed E-state index contributed by atoms with van der Waals surface area (Å²) in [6.07, 6.45) is 1.42.